The fourth-order valence-electron chi connectivity index (χ4n) is 6.53. The predicted octanol–water partition coefficient (Wildman–Crippen LogP) is 2.70. The summed E-state index contributed by atoms with van der Waals surface area (Å²) < 4.78 is 6.31. The first-order chi connectivity index (χ1) is 9.34. The van der Waals surface area contributed by atoms with Crippen LogP contribution in [-0.2, 0) is 4.74 Å². The van der Waals surface area contributed by atoms with E-state index < -0.39 is 0 Å². The van der Waals surface area contributed by atoms with Gasteiger partial charge in [-0.15, -0.1) is 0 Å². The van der Waals surface area contributed by atoms with Crippen LogP contribution in [0.2, 0.25) is 0 Å². The van der Waals surface area contributed by atoms with Gasteiger partial charge in [0.15, 0.2) is 0 Å². The maximum absolute atomic E-state index is 6.31. The topological polar surface area (TPSA) is 47.3 Å². The van der Waals surface area contributed by atoms with Gasteiger partial charge in [0.25, 0.3) is 0 Å². The highest BCUT2D eigenvalue weighted by Crippen LogP contribution is 2.71. The smallest absolute Gasteiger partial charge is 0.0678 e. The van der Waals surface area contributed by atoms with E-state index >= 15 is 0 Å². The zero-order valence-electron chi connectivity index (χ0n) is 13.4. The molecule has 4 rings (SSSR count). The molecule has 0 aromatic rings. The van der Waals surface area contributed by atoms with Gasteiger partial charge >= 0.3 is 0 Å². The molecule has 4 aliphatic rings. The summed E-state index contributed by atoms with van der Waals surface area (Å²) in [4.78, 5) is 0. The Kier molecular flexibility index (Phi) is 2.70. The number of rotatable bonds is 3. The summed E-state index contributed by atoms with van der Waals surface area (Å²) in [6, 6.07) is 0.449. The fraction of sp³-hybridized carbons (Fsp3) is 1.00. The van der Waals surface area contributed by atoms with Crippen LogP contribution < -0.4 is 11.3 Å². The molecule has 6 atom stereocenters. The van der Waals surface area contributed by atoms with Gasteiger partial charge in [0.2, 0.25) is 0 Å². The average molecular weight is 278 g/mol. The van der Waals surface area contributed by atoms with Crippen molar-refractivity contribution in [1.29, 1.82) is 0 Å². The summed E-state index contributed by atoms with van der Waals surface area (Å²) in [5, 5.41) is 0. The van der Waals surface area contributed by atoms with Gasteiger partial charge in [-0.3, -0.25) is 11.3 Å². The van der Waals surface area contributed by atoms with E-state index in [9.17, 15) is 0 Å². The normalized spacial score (nSPS) is 52.0. The standard InChI is InChI=1S/C17H30N2O/c1-16(2)8-11(17(3,4)20-16)15(19-18)14-12-9-5-6-10(7-9)13(12)14/h9-15,19H,5-8,18H2,1-4H3. The lowest BCUT2D eigenvalue weighted by Gasteiger charge is -2.34. The zero-order chi connectivity index (χ0) is 14.3. The van der Waals surface area contributed by atoms with Crippen LogP contribution in [0.5, 0.6) is 0 Å². The molecule has 0 radical (unpaired) electrons. The van der Waals surface area contributed by atoms with Crippen molar-refractivity contribution in [3.63, 3.8) is 0 Å². The Labute approximate surface area is 123 Å². The number of nitrogens with two attached hydrogens (primary N) is 1. The third-order valence-electron chi connectivity index (χ3n) is 6.98. The number of hydrogen-bond donors (Lipinski definition) is 2. The van der Waals surface area contributed by atoms with Crippen molar-refractivity contribution < 1.29 is 4.74 Å². The van der Waals surface area contributed by atoms with Gasteiger partial charge in [0, 0.05) is 12.0 Å². The second-order valence-corrected chi connectivity index (χ2v) is 9.03. The molecule has 3 saturated carbocycles. The molecule has 3 heteroatoms. The molecule has 20 heavy (non-hydrogen) atoms. The van der Waals surface area contributed by atoms with Gasteiger partial charge in [0.05, 0.1) is 11.2 Å². The van der Waals surface area contributed by atoms with Crippen molar-refractivity contribution in [1.82, 2.24) is 5.43 Å². The summed E-state index contributed by atoms with van der Waals surface area (Å²) in [7, 11) is 0. The van der Waals surface area contributed by atoms with Crippen molar-refractivity contribution in [3.8, 4) is 0 Å². The Bertz CT molecular complexity index is 403. The van der Waals surface area contributed by atoms with Crippen molar-refractivity contribution in [3.05, 3.63) is 0 Å². The van der Waals surface area contributed by atoms with Crippen LogP contribution in [0.3, 0.4) is 0 Å². The molecule has 6 unspecified atom stereocenters. The summed E-state index contributed by atoms with van der Waals surface area (Å²) in [6.07, 6.45) is 5.60. The number of ether oxygens (including phenoxy) is 1. The molecule has 0 amide bonds. The molecule has 0 aromatic heterocycles. The molecule has 2 bridgehead atoms. The predicted molar refractivity (Wildman–Crippen MR) is 79.8 cm³/mol. The zero-order valence-corrected chi connectivity index (χ0v) is 13.4. The fourth-order valence-corrected chi connectivity index (χ4v) is 6.53. The lowest BCUT2D eigenvalue weighted by Crippen LogP contribution is -2.49. The highest BCUT2D eigenvalue weighted by Gasteiger charge is 2.68. The lowest BCUT2D eigenvalue weighted by molar-refractivity contribution is -0.0789. The third-order valence-corrected chi connectivity index (χ3v) is 6.98. The van der Waals surface area contributed by atoms with E-state index in [4.69, 9.17) is 10.6 Å². The largest absolute Gasteiger partial charge is 0.369 e. The SMILES string of the molecule is CC1(C)CC(C(NN)C2C3C4CCC(C4)C32)C(C)(C)O1. The molecule has 3 aliphatic carbocycles. The lowest BCUT2D eigenvalue weighted by atomic mass is 9.78. The van der Waals surface area contributed by atoms with Crippen molar-refractivity contribution in [2.24, 2.45) is 41.4 Å². The molecular weight excluding hydrogens is 248 g/mol. The van der Waals surface area contributed by atoms with E-state index in [-0.39, 0.29) is 11.2 Å². The van der Waals surface area contributed by atoms with Crippen LogP contribution >= 0.6 is 0 Å². The van der Waals surface area contributed by atoms with Crippen LogP contribution in [0.4, 0.5) is 0 Å². The molecule has 1 saturated heterocycles. The first-order valence-corrected chi connectivity index (χ1v) is 8.50. The number of nitrogens with one attached hydrogen (secondary N) is 1. The average Bonchev–Trinajstić information content (AvgIpc) is 2.66. The highest BCUT2D eigenvalue weighted by molar-refractivity contribution is 5.18. The molecule has 4 fully saturated rings. The quantitative estimate of drug-likeness (QED) is 0.616. The van der Waals surface area contributed by atoms with Gasteiger partial charge in [0.1, 0.15) is 0 Å². The number of hydrogen-bond acceptors (Lipinski definition) is 3. The van der Waals surface area contributed by atoms with Crippen molar-refractivity contribution in [2.75, 3.05) is 0 Å². The minimum atomic E-state index is -0.0591. The number of hydrazine groups is 1. The van der Waals surface area contributed by atoms with Gasteiger partial charge in [-0.25, -0.2) is 0 Å². The first kappa shape index (κ1) is 13.5. The molecule has 1 aliphatic heterocycles. The maximum Gasteiger partial charge on any atom is 0.0678 e. The van der Waals surface area contributed by atoms with Gasteiger partial charge in [-0.2, -0.15) is 0 Å². The van der Waals surface area contributed by atoms with Crippen molar-refractivity contribution >= 4 is 0 Å². The summed E-state index contributed by atoms with van der Waals surface area (Å²) in [6.45, 7) is 8.95. The summed E-state index contributed by atoms with van der Waals surface area (Å²) in [5.74, 6) is 11.4. The van der Waals surface area contributed by atoms with Gasteiger partial charge in [-0.1, -0.05) is 0 Å². The van der Waals surface area contributed by atoms with Crippen molar-refractivity contribution in [2.45, 2.75) is 70.6 Å². The molecule has 3 N–H and O–H groups in total. The van der Waals surface area contributed by atoms with Crippen LogP contribution in [0.1, 0.15) is 53.4 Å². The van der Waals surface area contributed by atoms with Gasteiger partial charge < -0.3 is 4.74 Å². The maximum atomic E-state index is 6.31. The van der Waals surface area contributed by atoms with Crippen LogP contribution in [0, 0.1) is 35.5 Å². The molecule has 1 heterocycles. The van der Waals surface area contributed by atoms with E-state index in [1.807, 2.05) is 0 Å². The Hall–Kier alpha value is -0.120. The highest BCUT2D eigenvalue weighted by atomic mass is 16.5. The van der Waals surface area contributed by atoms with Crippen LogP contribution in [-0.4, -0.2) is 17.2 Å². The number of fused-ring (bicyclic) bond motifs is 5. The van der Waals surface area contributed by atoms with E-state index in [0.717, 1.165) is 36.0 Å². The second kappa shape index (κ2) is 3.99. The van der Waals surface area contributed by atoms with Crippen LogP contribution in [0.15, 0.2) is 0 Å². The molecule has 114 valence electrons. The molecule has 0 spiro atoms. The second-order valence-electron chi connectivity index (χ2n) is 9.03. The summed E-state index contributed by atoms with van der Waals surface area (Å²) in [5.41, 5.74) is 3.15. The molecular formula is C17H30N2O. The van der Waals surface area contributed by atoms with E-state index in [2.05, 4.69) is 33.1 Å². The minimum absolute atomic E-state index is 0.00769. The Morgan fingerprint density at radius 3 is 2.15 bits per heavy atom. The molecule has 0 aromatic carbocycles. The van der Waals surface area contributed by atoms with E-state index in [0.29, 0.717) is 12.0 Å². The molecule has 3 nitrogen and oxygen atoms in total. The van der Waals surface area contributed by atoms with E-state index in [1.54, 1.807) is 0 Å². The van der Waals surface area contributed by atoms with E-state index in [1.165, 1.54) is 19.3 Å². The first-order valence-electron chi connectivity index (χ1n) is 8.50. The van der Waals surface area contributed by atoms with Gasteiger partial charge in [-0.05, 0) is 83.0 Å². The Morgan fingerprint density at radius 1 is 1.10 bits per heavy atom. The monoisotopic (exact) mass is 278 g/mol. The minimum Gasteiger partial charge on any atom is -0.369 e. The summed E-state index contributed by atoms with van der Waals surface area (Å²) >= 11 is 0. The van der Waals surface area contributed by atoms with Crippen LogP contribution in [0.25, 0.3) is 0 Å². The third kappa shape index (κ3) is 1.75. The Balaban J connectivity index is 1.55. The Morgan fingerprint density at radius 2 is 1.70 bits per heavy atom.